The van der Waals surface area contributed by atoms with Gasteiger partial charge in [0.05, 0.1) is 0 Å². The van der Waals surface area contributed by atoms with Crippen LogP contribution >= 0.6 is 8.25 Å². The van der Waals surface area contributed by atoms with Crippen molar-refractivity contribution in [3.05, 3.63) is 0 Å². The van der Waals surface area contributed by atoms with Gasteiger partial charge in [0.25, 0.3) is 0 Å². The molecule has 0 aliphatic carbocycles. The van der Waals surface area contributed by atoms with Crippen molar-refractivity contribution < 1.29 is 30.4 Å². The molecule has 1 atom stereocenters. The first-order valence-corrected chi connectivity index (χ1v) is 6.36. The molecule has 0 amide bonds. The van der Waals surface area contributed by atoms with Crippen LogP contribution in [-0.4, -0.2) is 0 Å². The van der Waals surface area contributed by atoms with Gasteiger partial charge in [-0.05, 0) is 0 Å². The predicted octanol–water partition coefficient (Wildman–Crippen LogP) is 1.26. The third-order valence-corrected chi connectivity index (χ3v) is 2.26. The third kappa shape index (κ3) is 19.2. The fourth-order valence-corrected chi connectivity index (χ4v) is 1.31. The van der Waals surface area contributed by atoms with Gasteiger partial charge in [0.15, 0.2) is 0 Å². The van der Waals surface area contributed by atoms with Gasteiger partial charge in [-0.3, -0.25) is 0 Å². The molecular formula is C8H18CuO3P. The standard InChI is InChI=1S/C8H17.Cu.H3O3P/c1-4-6-7-8(3)5-2;;1-4(2)3/h8H,3-7H2,1-2H3;;4H,(H2,1,2,3)/q;+2;/p-2. The maximum atomic E-state index is 8.52. The summed E-state index contributed by atoms with van der Waals surface area (Å²) in [6.45, 7) is 4.46. The molecule has 0 aromatic heterocycles. The molecule has 0 radical (unpaired) electrons. The van der Waals surface area contributed by atoms with E-state index in [1.807, 2.05) is 0 Å². The van der Waals surface area contributed by atoms with Crippen LogP contribution in [-0.2, 0) is 20.6 Å². The molecule has 0 spiro atoms. The molecule has 84 valence electrons. The second-order valence-electron chi connectivity index (χ2n) is 2.79. The van der Waals surface area contributed by atoms with Crippen molar-refractivity contribution in [2.75, 3.05) is 0 Å². The van der Waals surface area contributed by atoms with Gasteiger partial charge in [0.2, 0.25) is 0 Å². The summed E-state index contributed by atoms with van der Waals surface area (Å²) in [6, 6.07) is 0. The van der Waals surface area contributed by atoms with Crippen LogP contribution in [0, 0.1) is 5.92 Å². The molecule has 13 heavy (non-hydrogen) atoms. The van der Waals surface area contributed by atoms with Crippen LogP contribution < -0.4 is 9.79 Å². The topological polar surface area (TPSA) is 63.2 Å². The molecule has 0 fully saturated rings. The minimum Gasteiger partial charge on any atom is -0.813 e. The Morgan fingerprint density at radius 1 is 1.38 bits per heavy atom. The van der Waals surface area contributed by atoms with Gasteiger partial charge >= 0.3 is 66.8 Å². The van der Waals surface area contributed by atoms with Gasteiger partial charge in [-0.1, -0.05) is 8.25 Å². The van der Waals surface area contributed by atoms with E-state index in [1.54, 1.807) is 0 Å². The molecule has 3 nitrogen and oxygen atoms in total. The van der Waals surface area contributed by atoms with Crippen molar-refractivity contribution in [2.45, 2.75) is 44.9 Å². The minimum absolute atomic E-state index is 0.810. The van der Waals surface area contributed by atoms with E-state index in [1.165, 1.54) is 25.7 Å². The number of hydrogen-bond acceptors (Lipinski definition) is 3. The summed E-state index contributed by atoms with van der Waals surface area (Å²) in [7, 11) is -3.63. The Hall–Kier alpha value is 0.669. The molecule has 0 saturated heterocycles. The number of rotatable bonds is 5. The maximum absolute atomic E-state index is 8.52. The molecule has 0 aliphatic heterocycles. The van der Waals surface area contributed by atoms with Crippen LogP contribution in [0.25, 0.3) is 0 Å². The summed E-state index contributed by atoms with van der Waals surface area (Å²) in [6.07, 6.45) is 5.26. The van der Waals surface area contributed by atoms with Crippen molar-refractivity contribution in [3.63, 3.8) is 0 Å². The molecular weight excluding hydrogens is 239 g/mol. The monoisotopic (exact) mass is 256 g/mol. The molecule has 1 unspecified atom stereocenters. The van der Waals surface area contributed by atoms with Gasteiger partial charge < -0.3 is 14.4 Å². The Morgan fingerprint density at radius 2 is 1.85 bits per heavy atom. The van der Waals surface area contributed by atoms with Crippen LogP contribution in [0.15, 0.2) is 0 Å². The number of unbranched alkanes of at least 4 members (excludes halogenated alkanes) is 1. The van der Waals surface area contributed by atoms with Crippen LogP contribution in [0.4, 0.5) is 0 Å². The normalized spacial score (nSPS) is 12.2. The number of hydrogen-bond donors (Lipinski definition) is 0. The fourth-order valence-electron chi connectivity index (χ4n) is 0.846. The molecule has 0 rings (SSSR count). The largest absolute Gasteiger partial charge is 0.813 e. The Morgan fingerprint density at radius 3 is 2.08 bits per heavy atom. The quantitative estimate of drug-likeness (QED) is 0.550. The zero-order valence-corrected chi connectivity index (χ0v) is 10.1. The van der Waals surface area contributed by atoms with Crippen LogP contribution in [0.2, 0.25) is 5.32 Å². The molecule has 5 heteroatoms. The van der Waals surface area contributed by atoms with Gasteiger partial charge in [-0.15, -0.1) is 0 Å². The van der Waals surface area contributed by atoms with E-state index >= 15 is 0 Å². The fraction of sp³-hybridized carbons (Fsp3) is 1.00. The Bertz CT molecular complexity index is 114. The van der Waals surface area contributed by atoms with E-state index in [9.17, 15) is 0 Å². The van der Waals surface area contributed by atoms with Crippen LogP contribution in [0.5, 0.6) is 0 Å². The third-order valence-electron chi connectivity index (χ3n) is 1.72. The van der Waals surface area contributed by atoms with Crippen LogP contribution in [0.3, 0.4) is 0 Å². The van der Waals surface area contributed by atoms with Crippen molar-refractivity contribution in [1.29, 1.82) is 0 Å². The van der Waals surface area contributed by atoms with E-state index in [-0.39, 0.29) is 0 Å². The van der Waals surface area contributed by atoms with Crippen molar-refractivity contribution in [3.8, 4) is 0 Å². The summed E-state index contributed by atoms with van der Waals surface area (Å²) in [5, 5.41) is 0.934. The smallest absolute Gasteiger partial charge is 0.0813 e. The first-order valence-electron chi connectivity index (χ1n) is 4.46. The average molecular weight is 257 g/mol. The Kier molecular flexibility index (Phi) is 15.7. The zero-order valence-electron chi connectivity index (χ0n) is 8.14. The van der Waals surface area contributed by atoms with Crippen molar-refractivity contribution in [2.24, 2.45) is 5.92 Å². The second kappa shape index (κ2) is 12.7. The average Bonchev–Trinajstić information content (AvgIpc) is 2.06. The summed E-state index contributed by atoms with van der Waals surface area (Å²) in [5.41, 5.74) is 0. The van der Waals surface area contributed by atoms with Gasteiger partial charge in [0, 0.05) is 0 Å². The Labute approximate surface area is 89.7 Å². The van der Waals surface area contributed by atoms with Crippen LogP contribution in [0.1, 0.15) is 39.5 Å². The molecule has 0 saturated carbocycles. The van der Waals surface area contributed by atoms with Gasteiger partial charge in [-0.2, -0.15) is 0 Å². The van der Waals surface area contributed by atoms with E-state index in [4.69, 9.17) is 30.4 Å². The summed E-state index contributed by atoms with van der Waals surface area (Å²) in [5.74, 6) is 0.810. The maximum Gasteiger partial charge on any atom is -0.0813 e. The SMILES string of the molecule is CCCCC(CC)[CH2][Cu+2].O=[PH]([O-])[O-]. The Balaban J connectivity index is 0. The van der Waals surface area contributed by atoms with E-state index < -0.39 is 8.25 Å². The van der Waals surface area contributed by atoms with E-state index in [0.29, 0.717) is 0 Å². The predicted molar refractivity (Wildman–Crippen MR) is 47.1 cm³/mol. The second-order valence-corrected chi connectivity index (χ2v) is 3.67. The summed E-state index contributed by atoms with van der Waals surface area (Å²) < 4.78 is 8.52. The molecule has 0 N–H and O–H groups in total. The van der Waals surface area contributed by atoms with E-state index in [0.717, 1.165) is 11.2 Å². The summed E-state index contributed by atoms with van der Waals surface area (Å²) in [4.78, 5) is 17.0. The first-order chi connectivity index (χ1) is 6.08. The zero-order chi connectivity index (χ0) is 10.7. The minimum atomic E-state index is -3.63. The van der Waals surface area contributed by atoms with Gasteiger partial charge in [0.1, 0.15) is 0 Å². The molecule has 0 aliphatic rings. The summed E-state index contributed by atoms with van der Waals surface area (Å²) >= 11 is 5.12. The van der Waals surface area contributed by atoms with E-state index in [2.05, 4.69) is 13.8 Å². The molecule has 0 aromatic rings. The molecule has 0 bridgehead atoms. The van der Waals surface area contributed by atoms with Crippen molar-refractivity contribution in [1.82, 2.24) is 0 Å². The first kappa shape index (κ1) is 16.1. The van der Waals surface area contributed by atoms with Gasteiger partial charge in [-0.25, -0.2) is 0 Å². The molecule has 0 heterocycles. The van der Waals surface area contributed by atoms with Crippen molar-refractivity contribution >= 4 is 8.25 Å². The molecule has 0 aromatic carbocycles.